The lowest BCUT2D eigenvalue weighted by Crippen LogP contribution is -2.44. The molecule has 2 aromatic carbocycles. The fourth-order valence-corrected chi connectivity index (χ4v) is 4.88. The summed E-state index contributed by atoms with van der Waals surface area (Å²) in [6.07, 6.45) is 6.44. The number of carbonyl (C=O) groups is 1. The molecule has 2 fully saturated rings. The first kappa shape index (κ1) is 19.0. The molecule has 154 valence electrons. The van der Waals surface area contributed by atoms with Gasteiger partial charge in [0.15, 0.2) is 0 Å². The molecular formula is C25H27N3O2. The first-order valence-electron chi connectivity index (χ1n) is 11.0. The number of fused-ring (bicyclic) bond motifs is 1. The first-order valence-corrected chi connectivity index (χ1v) is 11.0. The summed E-state index contributed by atoms with van der Waals surface area (Å²) in [4.78, 5) is 15.1. The molecule has 0 bridgehead atoms. The van der Waals surface area contributed by atoms with E-state index >= 15 is 0 Å². The highest BCUT2D eigenvalue weighted by Gasteiger charge is 2.33. The van der Waals surface area contributed by atoms with E-state index in [4.69, 9.17) is 4.42 Å². The summed E-state index contributed by atoms with van der Waals surface area (Å²) in [5.74, 6) is 2.62. The number of piperidine rings is 1. The minimum atomic E-state index is 0.136. The van der Waals surface area contributed by atoms with Crippen LogP contribution in [0.2, 0.25) is 0 Å². The van der Waals surface area contributed by atoms with Gasteiger partial charge in [-0.25, -0.2) is 0 Å². The quantitative estimate of drug-likeness (QED) is 0.592. The number of carbonyl (C=O) groups excluding carboxylic acids is 1. The second kappa shape index (κ2) is 8.05. The fraction of sp³-hybridized carbons (Fsp3) is 0.400. The molecule has 5 nitrogen and oxygen atoms in total. The lowest BCUT2D eigenvalue weighted by atomic mass is 9.75. The molecule has 3 aromatic rings. The van der Waals surface area contributed by atoms with Crippen molar-refractivity contribution in [2.45, 2.75) is 39.0 Å². The van der Waals surface area contributed by atoms with Crippen molar-refractivity contribution in [1.82, 2.24) is 15.1 Å². The average Bonchev–Trinajstić information content (AvgIpc) is 3.29. The van der Waals surface area contributed by atoms with E-state index in [1.165, 1.54) is 31.2 Å². The Hall–Kier alpha value is -2.95. The number of aromatic nitrogens is 2. The summed E-state index contributed by atoms with van der Waals surface area (Å²) in [5.41, 5.74) is 3.64. The van der Waals surface area contributed by atoms with Crippen LogP contribution in [0.25, 0.3) is 22.9 Å². The van der Waals surface area contributed by atoms with Gasteiger partial charge >= 0.3 is 0 Å². The van der Waals surface area contributed by atoms with Crippen LogP contribution in [0.15, 0.2) is 52.9 Å². The largest absolute Gasteiger partial charge is 0.416 e. The van der Waals surface area contributed by atoms with Crippen LogP contribution in [0.3, 0.4) is 0 Å². The third kappa shape index (κ3) is 3.76. The topological polar surface area (TPSA) is 59.2 Å². The molecule has 1 aliphatic carbocycles. The summed E-state index contributed by atoms with van der Waals surface area (Å²) in [6.45, 7) is 3.84. The maximum absolute atomic E-state index is 13.0. The Morgan fingerprint density at radius 3 is 2.13 bits per heavy atom. The lowest BCUT2D eigenvalue weighted by Gasteiger charge is -2.41. The van der Waals surface area contributed by atoms with Gasteiger partial charge in [-0.2, -0.15) is 0 Å². The van der Waals surface area contributed by atoms with E-state index in [2.05, 4.69) is 10.2 Å². The molecule has 30 heavy (non-hydrogen) atoms. The Labute approximate surface area is 177 Å². The number of aryl methyl sites for hydroxylation is 1. The zero-order chi connectivity index (χ0) is 20.5. The van der Waals surface area contributed by atoms with Gasteiger partial charge in [-0.3, -0.25) is 4.79 Å². The summed E-state index contributed by atoms with van der Waals surface area (Å²) in [6, 6.07) is 15.5. The first-order chi connectivity index (χ1) is 14.7. The molecule has 2 atom stereocenters. The van der Waals surface area contributed by atoms with Crippen LogP contribution in [0.5, 0.6) is 0 Å². The van der Waals surface area contributed by atoms with Crippen molar-refractivity contribution >= 4 is 5.91 Å². The van der Waals surface area contributed by atoms with Gasteiger partial charge in [0.05, 0.1) is 0 Å². The minimum absolute atomic E-state index is 0.136. The molecular weight excluding hydrogens is 374 g/mol. The number of hydrogen-bond donors (Lipinski definition) is 0. The van der Waals surface area contributed by atoms with Crippen molar-refractivity contribution in [3.63, 3.8) is 0 Å². The Morgan fingerprint density at radius 1 is 0.867 bits per heavy atom. The number of amides is 1. The Bertz CT molecular complexity index is 1020. The normalized spacial score (nSPS) is 21.3. The lowest BCUT2D eigenvalue weighted by molar-refractivity contribution is 0.0521. The highest BCUT2D eigenvalue weighted by atomic mass is 16.4. The second-order valence-corrected chi connectivity index (χ2v) is 8.70. The van der Waals surface area contributed by atoms with Gasteiger partial charge in [-0.05, 0) is 68.0 Å². The molecule has 1 aromatic heterocycles. The van der Waals surface area contributed by atoms with Crippen LogP contribution in [0.4, 0.5) is 0 Å². The van der Waals surface area contributed by atoms with Crippen molar-refractivity contribution in [3.8, 4) is 22.9 Å². The monoisotopic (exact) mass is 401 g/mol. The number of likely N-dealkylation sites (tertiary alicyclic amines) is 1. The summed E-state index contributed by atoms with van der Waals surface area (Å²) >= 11 is 0. The van der Waals surface area contributed by atoms with Crippen molar-refractivity contribution in [1.29, 1.82) is 0 Å². The molecule has 2 heterocycles. The number of rotatable bonds is 3. The Balaban J connectivity index is 1.29. The predicted octanol–water partition coefficient (Wildman–Crippen LogP) is 5.36. The summed E-state index contributed by atoms with van der Waals surface area (Å²) in [7, 11) is 0. The van der Waals surface area contributed by atoms with Gasteiger partial charge < -0.3 is 9.32 Å². The molecule has 1 saturated carbocycles. The van der Waals surface area contributed by atoms with Crippen molar-refractivity contribution in [3.05, 3.63) is 59.7 Å². The molecule has 1 aliphatic heterocycles. The van der Waals surface area contributed by atoms with Crippen LogP contribution in [-0.4, -0.2) is 34.1 Å². The van der Waals surface area contributed by atoms with E-state index in [1.807, 2.05) is 60.4 Å². The van der Waals surface area contributed by atoms with Gasteiger partial charge in [0.25, 0.3) is 5.91 Å². The highest BCUT2D eigenvalue weighted by Crippen LogP contribution is 2.36. The molecule has 0 N–H and O–H groups in total. The second-order valence-electron chi connectivity index (χ2n) is 8.70. The Kier molecular flexibility index (Phi) is 5.11. The SMILES string of the molecule is Cc1ccc(-c2nnc(-c3ccc(C(=O)N4CC[C@@H]5CCCC[C@@H]5C4)cc3)o2)cc1. The van der Waals surface area contributed by atoms with Crippen LogP contribution >= 0.6 is 0 Å². The molecule has 2 aliphatic rings. The van der Waals surface area contributed by atoms with Crippen molar-refractivity contribution in [2.24, 2.45) is 11.8 Å². The summed E-state index contributed by atoms with van der Waals surface area (Å²) in [5, 5.41) is 8.35. The number of hydrogen-bond acceptors (Lipinski definition) is 4. The maximum Gasteiger partial charge on any atom is 0.253 e. The molecule has 5 heteroatoms. The summed E-state index contributed by atoms with van der Waals surface area (Å²) < 4.78 is 5.85. The van der Waals surface area contributed by atoms with Crippen LogP contribution in [-0.2, 0) is 0 Å². The third-order valence-electron chi connectivity index (χ3n) is 6.68. The van der Waals surface area contributed by atoms with Gasteiger partial charge in [0.1, 0.15) is 0 Å². The molecule has 0 spiro atoms. The number of benzene rings is 2. The van der Waals surface area contributed by atoms with E-state index in [0.29, 0.717) is 17.7 Å². The Morgan fingerprint density at radius 2 is 1.47 bits per heavy atom. The third-order valence-corrected chi connectivity index (χ3v) is 6.68. The maximum atomic E-state index is 13.0. The van der Waals surface area contributed by atoms with E-state index < -0.39 is 0 Å². The predicted molar refractivity (Wildman–Crippen MR) is 116 cm³/mol. The van der Waals surface area contributed by atoms with Crippen molar-refractivity contribution < 1.29 is 9.21 Å². The average molecular weight is 402 g/mol. The van der Waals surface area contributed by atoms with Gasteiger partial charge in [-0.1, -0.05) is 37.0 Å². The van der Waals surface area contributed by atoms with E-state index in [0.717, 1.165) is 42.1 Å². The molecule has 0 unspecified atom stereocenters. The van der Waals surface area contributed by atoms with E-state index in [-0.39, 0.29) is 5.91 Å². The van der Waals surface area contributed by atoms with Gasteiger partial charge in [0, 0.05) is 29.8 Å². The molecule has 1 saturated heterocycles. The van der Waals surface area contributed by atoms with Gasteiger partial charge in [0.2, 0.25) is 11.8 Å². The van der Waals surface area contributed by atoms with E-state index in [1.54, 1.807) is 0 Å². The smallest absolute Gasteiger partial charge is 0.253 e. The van der Waals surface area contributed by atoms with Crippen LogP contribution in [0.1, 0.15) is 48.0 Å². The van der Waals surface area contributed by atoms with Gasteiger partial charge in [-0.15, -0.1) is 10.2 Å². The van der Waals surface area contributed by atoms with Crippen LogP contribution in [0, 0.1) is 18.8 Å². The number of nitrogens with zero attached hydrogens (tertiary/aromatic N) is 3. The van der Waals surface area contributed by atoms with Crippen LogP contribution < -0.4 is 0 Å². The fourth-order valence-electron chi connectivity index (χ4n) is 4.88. The molecule has 0 radical (unpaired) electrons. The zero-order valence-corrected chi connectivity index (χ0v) is 17.4. The molecule has 5 rings (SSSR count). The highest BCUT2D eigenvalue weighted by molar-refractivity contribution is 5.94. The van der Waals surface area contributed by atoms with E-state index in [9.17, 15) is 4.79 Å². The molecule has 1 amide bonds. The standard InChI is InChI=1S/C25H27N3O2/c1-17-6-8-19(9-7-17)23-26-27-24(30-23)20-10-12-21(13-11-20)25(29)28-15-14-18-4-2-3-5-22(18)16-28/h6-13,18,22H,2-5,14-16H2,1H3/t18-,22+/m0/s1. The van der Waals surface area contributed by atoms with Crippen molar-refractivity contribution in [2.75, 3.05) is 13.1 Å². The minimum Gasteiger partial charge on any atom is -0.416 e. The zero-order valence-electron chi connectivity index (χ0n) is 17.4.